The molecule has 2 N–H and O–H groups in total. The van der Waals surface area contributed by atoms with Crippen molar-refractivity contribution in [1.29, 1.82) is 0 Å². The second kappa shape index (κ2) is 10.3. The number of carboxylic acid groups (broad SMARTS) is 1. The standard InChI is InChI=1S/C23H38O6Si/c1-14(2)30(15(3)4,16(5)6)29-19-12-18(28-21(13-19)27-7)11-17-9-8-10-20(24)22(17)23(25)26/h8-10,14-16,18-19,21,24H,11-13H2,1-7H3,(H,25,26)/t18-,19+,21?/m1/s1. The molecule has 0 aromatic heterocycles. The van der Waals surface area contributed by atoms with E-state index in [0.29, 0.717) is 41.4 Å². The number of hydrogen-bond donors (Lipinski definition) is 2. The SMILES string of the molecule is COC1C[C@@H](O[Si](C(C)C)(C(C)C)C(C)C)C[C@@H](Cc2cccc(O)c2C(=O)O)O1. The van der Waals surface area contributed by atoms with Gasteiger partial charge in [0.25, 0.3) is 0 Å². The maximum absolute atomic E-state index is 11.6. The second-order valence-electron chi connectivity index (χ2n) is 9.27. The number of benzene rings is 1. The van der Waals surface area contributed by atoms with E-state index in [9.17, 15) is 15.0 Å². The molecule has 0 saturated carbocycles. The zero-order chi connectivity index (χ0) is 22.6. The topological polar surface area (TPSA) is 85.2 Å². The summed E-state index contributed by atoms with van der Waals surface area (Å²) in [6.07, 6.45) is 1.09. The third kappa shape index (κ3) is 5.25. The van der Waals surface area contributed by atoms with Crippen LogP contribution in [-0.4, -0.2) is 50.1 Å². The maximum atomic E-state index is 11.6. The van der Waals surface area contributed by atoms with E-state index in [1.807, 2.05) is 0 Å². The minimum atomic E-state index is -2.06. The van der Waals surface area contributed by atoms with Crippen LogP contribution in [0.25, 0.3) is 0 Å². The molecule has 0 bridgehead atoms. The Morgan fingerprint density at radius 1 is 1.13 bits per heavy atom. The molecule has 0 aliphatic carbocycles. The van der Waals surface area contributed by atoms with Gasteiger partial charge in [0.1, 0.15) is 11.3 Å². The van der Waals surface area contributed by atoms with E-state index >= 15 is 0 Å². The van der Waals surface area contributed by atoms with E-state index in [2.05, 4.69) is 41.5 Å². The Morgan fingerprint density at radius 2 is 1.73 bits per heavy atom. The highest BCUT2D eigenvalue weighted by Crippen LogP contribution is 2.44. The molecular formula is C23H38O6Si. The molecule has 1 fully saturated rings. The summed E-state index contributed by atoms with van der Waals surface area (Å²) in [5.41, 5.74) is 1.93. The fourth-order valence-electron chi connectivity index (χ4n) is 5.26. The number of rotatable bonds is 9. The van der Waals surface area contributed by atoms with Gasteiger partial charge in [-0.3, -0.25) is 0 Å². The van der Waals surface area contributed by atoms with Crippen molar-refractivity contribution in [1.82, 2.24) is 0 Å². The van der Waals surface area contributed by atoms with Crippen molar-refractivity contribution in [3.63, 3.8) is 0 Å². The molecule has 1 heterocycles. The highest BCUT2D eigenvalue weighted by Gasteiger charge is 2.48. The summed E-state index contributed by atoms with van der Waals surface area (Å²) in [5.74, 6) is -1.36. The lowest BCUT2D eigenvalue weighted by Gasteiger charge is -2.47. The maximum Gasteiger partial charge on any atom is 0.339 e. The predicted octanol–water partition coefficient (Wildman–Crippen LogP) is 5.35. The fourth-order valence-corrected chi connectivity index (χ4v) is 10.8. The average molecular weight is 439 g/mol. The number of aromatic hydroxyl groups is 1. The minimum Gasteiger partial charge on any atom is -0.507 e. The number of phenols is 1. The monoisotopic (exact) mass is 438 g/mol. The van der Waals surface area contributed by atoms with Gasteiger partial charge in [-0.1, -0.05) is 53.7 Å². The van der Waals surface area contributed by atoms with Gasteiger partial charge in [0.05, 0.1) is 12.2 Å². The van der Waals surface area contributed by atoms with E-state index in [1.165, 1.54) is 6.07 Å². The van der Waals surface area contributed by atoms with E-state index in [0.717, 1.165) is 0 Å². The first kappa shape index (κ1) is 24.9. The number of aromatic carboxylic acids is 1. The first-order valence-corrected chi connectivity index (χ1v) is 13.1. The molecule has 3 atom stereocenters. The van der Waals surface area contributed by atoms with Crippen LogP contribution in [0.4, 0.5) is 0 Å². The molecule has 1 aromatic rings. The van der Waals surface area contributed by atoms with Crippen molar-refractivity contribution in [2.45, 2.75) is 95.9 Å². The Bertz CT molecular complexity index is 696. The summed E-state index contributed by atoms with van der Waals surface area (Å²) in [4.78, 5) is 11.6. The van der Waals surface area contributed by atoms with Crippen molar-refractivity contribution in [2.75, 3.05) is 7.11 Å². The normalized spacial score (nSPS) is 22.8. The van der Waals surface area contributed by atoms with Crippen LogP contribution in [0.5, 0.6) is 5.75 Å². The first-order chi connectivity index (χ1) is 14.0. The van der Waals surface area contributed by atoms with Gasteiger partial charge in [-0.05, 0) is 41.1 Å². The van der Waals surface area contributed by atoms with Crippen LogP contribution in [-0.2, 0) is 20.3 Å². The van der Waals surface area contributed by atoms with Crippen LogP contribution in [0.1, 0.15) is 70.3 Å². The predicted molar refractivity (Wildman–Crippen MR) is 120 cm³/mol. The molecule has 7 heteroatoms. The number of methoxy groups -OCH3 is 1. The summed E-state index contributed by atoms with van der Waals surface area (Å²) in [6, 6.07) is 4.79. The van der Waals surface area contributed by atoms with Crippen LogP contribution < -0.4 is 0 Å². The third-order valence-electron chi connectivity index (χ3n) is 6.46. The summed E-state index contributed by atoms with van der Waals surface area (Å²) in [7, 11) is -0.438. The summed E-state index contributed by atoms with van der Waals surface area (Å²) < 4.78 is 18.6. The quantitative estimate of drug-likeness (QED) is 0.506. The van der Waals surface area contributed by atoms with E-state index in [-0.39, 0.29) is 23.5 Å². The largest absolute Gasteiger partial charge is 0.507 e. The summed E-state index contributed by atoms with van der Waals surface area (Å²) in [5, 5.41) is 19.5. The van der Waals surface area contributed by atoms with Crippen molar-refractivity contribution >= 4 is 14.3 Å². The molecule has 1 saturated heterocycles. The van der Waals surface area contributed by atoms with Crippen LogP contribution in [0, 0.1) is 0 Å². The van der Waals surface area contributed by atoms with E-state index in [1.54, 1.807) is 19.2 Å². The van der Waals surface area contributed by atoms with Crippen LogP contribution >= 0.6 is 0 Å². The average Bonchev–Trinajstić information content (AvgIpc) is 2.64. The molecule has 1 aliphatic heterocycles. The fraction of sp³-hybridized carbons (Fsp3) is 0.696. The molecule has 1 aliphatic rings. The van der Waals surface area contributed by atoms with Gasteiger partial charge in [0.15, 0.2) is 6.29 Å². The number of hydrogen-bond acceptors (Lipinski definition) is 5. The molecule has 0 spiro atoms. The smallest absolute Gasteiger partial charge is 0.339 e. The Labute approximate surface area is 181 Å². The van der Waals surface area contributed by atoms with Crippen LogP contribution in [0.3, 0.4) is 0 Å². The molecule has 0 radical (unpaired) electrons. The Kier molecular flexibility index (Phi) is 8.50. The molecule has 1 unspecified atom stereocenters. The highest BCUT2D eigenvalue weighted by atomic mass is 28.4. The van der Waals surface area contributed by atoms with Crippen molar-refractivity contribution in [2.24, 2.45) is 0 Å². The van der Waals surface area contributed by atoms with Crippen molar-refractivity contribution < 1.29 is 28.9 Å². The second-order valence-corrected chi connectivity index (χ2v) is 14.7. The summed E-state index contributed by atoms with van der Waals surface area (Å²) in [6.45, 7) is 13.6. The number of carboxylic acids is 1. The van der Waals surface area contributed by atoms with Gasteiger partial charge in [-0.2, -0.15) is 0 Å². The van der Waals surface area contributed by atoms with Crippen molar-refractivity contribution in [3.05, 3.63) is 29.3 Å². The van der Waals surface area contributed by atoms with Crippen molar-refractivity contribution in [3.8, 4) is 5.75 Å². The molecule has 0 amide bonds. The number of carbonyl (C=O) groups is 1. The lowest BCUT2D eigenvalue weighted by molar-refractivity contribution is -0.201. The Morgan fingerprint density at radius 3 is 2.23 bits per heavy atom. The molecule has 170 valence electrons. The van der Waals surface area contributed by atoms with Gasteiger partial charge in [-0.15, -0.1) is 0 Å². The summed E-state index contributed by atoms with van der Waals surface area (Å²) >= 11 is 0. The van der Waals surface area contributed by atoms with Gasteiger partial charge in [0, 0.05) is 13.5 Å². The van der Waals surface area contributed by atoms with E-state index in [4.69, 9.17) is 13.9 Å². The van der Waals surface area contributed by atoms with Gasteiger partial charge >= 0.3 is 5.97 Å². The molecule has 1 aromatic carbocycles. The highest BCUT2D eigenvalue weighted by molar-refractivity contribution is 6.77. The van der Waals surface area contributed by atoms with Gasteiger partial charge < -0.3 is 24.1 Å². The molecule has 2 rings (SSSR count). The van der Waals surface area contributed by atoms with Gasteiger partial charge in [0.2, 0.25) is 8.32 Å². The molecule has 6 nitrogen and oxygen atoms in total. The van der Waals surface area contributed by atoms with Gasteiger partial charge in [-0.25, -0.2) is 4.79 Å². The van der Waals surface area contributed by atoms with Crippen LogP contribution in [0.2, 0.25) is 16.6 Å². The zero-order valence-corrected chi connectivity index (χ0v) is 20.3. The lowest BCUT2D eigenvalue weighted by Crippen LogP contribution is -2.52. The van der Waals surface area contributed by atoms with Crippen LogP contribution in [0.15, 0.2) is 18.2 Å². The first-order valence-electron chi connectivity index (χ1n) is 10.9. The third-order valence-corrected chi connectivity index (χ3v) is 12.6. The molecular weight excluding hydrogens is 400 g/mol. The minimum absolute atomic E-state index is 0.00171. The molecule has 30 heavy (non-hydrogen) atoms. The zero-order valence-electron chi connectivity index (χ0n) is 19.3. The Balaban J connectivity index is 2.27. The van der Waals surface area contributed by atoms with E-state index < -0.39 is 20.6 Å². The Hall–Kier alpha value is -1.41. The number of ether oxygens (including phenoxy) is 2. The lowest BCUT2D eigenvalue weighted by atomic mass is 9.95.